The molecule has 0 bridgehead atoms. The van der Waals surface area contributed by atoms with Crippen molar-refractivity contribution in [1.82, 2.24) is 0 Å². The standard InChI is InChI=1S/C6H6.Na.HO3S/c1-2-4-6-5-3-1;;1-4(2)3/h1-6H;;(H,1,2,3)/q;+1;-1. The van der Waals surface area contributed by atoms with Crippen LogP contribution in [0.3, 0.4) is 0 Å². The van der Waals surface area contributed by atoms with Gasteiger partial charge in [-0.1, -0.05) is 36.4 Å². The predicted octanol–water partition coefficient (Wildman–Crippen LogP) is -1.54. The third-order valence-corrected chi connectivity index (χ3v) is 0.667. The van der Waals surface area contributed by atoms with Crippen LogP contribution in [0.4, 0.5) is 0 Å². The van der Waals surface area contributed by atoms with Crippen molar-refractivity contribution >= 4 is 11.0 Å². The van der Waals surface area contributed by atoms with Crippen molar-refractivity contribution in [3.05, 3.63) is 36.4 Å². The fourth-order valence-corrected chi connectivity index (χ4v) is 0.385. The normalized spacial score (nSPS) is 7.45. The van der Waals surface area contributed by atoms with Gasteiger partial charge in [-0.05, 0) is 0 Å². The summed E-state index contributed by atoms with van der Waals surface area (Å²) in [6.07, 6.45) is 0. The van der Waals surface area contributed by atoms with Crippen LogP contribution < -0.4 is 29.6 Å². The maximum Gasteiger partial charge on any atom is 1.00 e. The van der Waals surface area contributed by atoms with Gasteiger partial charge in [0.1, 0.15) is 0 Å². The van der Waals surface area contributed by atoms with E-state index in [0.717, 1.165) is 0 Å². The molecule has 0 aliphatic carbocycles. The molecule has 1 N–H and O–H groups in total. The van der Waals surface area contributed by atoms with E-state index in [1.165, 1.54) is 0 Å². The number of hydrogen-bond acceptors (Lipinski definition) is 3. The van der Waals surface area contributed by atoms with E-state index in [4.69, 9.17) is 13.0 Å². The summed E-state index contributed by atoms with van der Waals surface area (Å²) in [6, 6.07) is 12.0. The van der Waals surface area contributed by atoms with Crippen LogP contribution in [-0.4, -0.2) is 4.55 Å². The van der Waals surface area contributed by atoms with E-state index in [9.17, 15) is 0 Å². The van der Waals surface area contributed by atoms with E-state index in [-0.39, 0.29) is 29.6 Å². The first-order valence-corrected chi connectivity index (χ1v) is 3.55. The molecule has 0 amide bonds. The molecule has 0 aliphatic heterocycles. The molecule has 0 aliphatic rings. The Kier molecular flexibility index (Phi) is 12.6. The summed E-state index contributed by atoms with van der Waals surface area (Å²) in [7, 11) is -2.86. The van der Waals surface area contributed by atoms with Crippen LogP contribution in [0.5, 0.6) is 0 Å². The molecule has 1 rings (SSSR count). The molecule has 0 atom stereocenters. The van der Waals surface area contributed by atoms with Crippen molar-refractivity contribution < 1.29 is 42.5 Å². The number of benzene rings is 1. The molecule has 1 aromatic rings. The molecule has 5 heteroatoms. The van der Waals surface area contributed by atoms with Crippen LogP contribution in [0.1, 0.15) is 0 Å². The van der Waals surface area contributed by atoms with Gasteiger partial charge in [-0.2, -0.15) is 0 Å². The number of rotatable bonds is 0. The Morgan fingerprint density at radius 1 is 0.818 bits per heavy atom. The molecule has 0 saturated carbocycles. The summed E-state index contributed by atoms with van der Waals surface area (Å²) >= 11 is 0. The zero-order valence-electron chi connectivity index (χ0n) is 6.14. The van der Waals surface area contributed by atoms with Gasteiger partial charge in [0.25, 0.3) is 0 Å². The second-order valence-corrected chi connectivity index (χ2v) is 1.81. The van der Waals surface area contributed by atoms with Gasteiger partial charge in [0.05, 0.1) is 0 Å². The molecule has 0 aromatic heterocycles. The fraction of sp³-hybridized carbons (Fsp3) is 0. The van der Waals surface area contributed by atoms with Gasteiger partial charge in [0.2, 0.25) is 0 Å². The summed E-state index contributed by atoms with van der Waals surface area (Å²) in [5, 5.41) is 0. The van der Waals surface area contributed by atoms with E-state index in [2.05, 4.69) is 0 Å². The van der Waals surface area contributed by atoms with E-state index >= 15 is 0 Å². The molecule has 0 unspecified atom stereocenters. The topological polar surface area (TPSA) is 54.4 Å². The summed E-state index contributed by atoms with van der Waals surface area (Å²) in [5.74, 6) is 0. The van der Waals surface area contributed by atoms with Crippen LogP contribution in [0.25, 0.3) is 0 Å². The maximum absolute atomic E-state index is 8.56. The van der Waals surface area contributed by atoms with Crippen molar-refractivity contribution in [2.75, 3.05) is 0 Å². The molecule has 0 spiro atoms. The average Bonchev–Trinajstić information content (AvgIpc) is 1.90. The molecule has 56 valence electrons. The Morgan fingerprint density at radius 2 is 0.909 bits per heavy atom. The minimum absolute atomic E-state index is 0. The van der Waals surface area contributed by atoms with Crippen LogP contribution in [0.15, 0.2) is 36.4 Å². The van der Waals surface area contributed by atoms with Crippen LogP contribution in [0.2, 0.25) is 0 Å². The summed E-state index contributed by atoms with van der Waals surface area (Å²) in [6.45, 7) is 0. The quantitative estimate of drug-likeness (QED) is 0.229. The first kappa shape index (κ1) is 13.7. The first-order chi connectivity index (χ1) is 4.73. The van der Waals surface area contributed by atoms with Gasteiger partial charge in [-0.3, -0.25) is 0 Å². The molecule has 11 heavy (non-hydrogen) atoms. The van der Waals surface area contributed by atoms with Crippen LogP contribution >= 0.6 is 0 Å². The zero-order valence-corrected chi connectivity index (χ0v) is 8.95. The Balaban J connectivity index is 0. The van der Waals surface area contributed by atoms with Crippen molar-refractivity contribution in [2.45, 2.75) is 0 Å². The van der Waals surface area contributed by atoms with Gasteiger partial charge in [0, 0.05) is 11.0 Å². The molecular weight excluding hydrogens is 175 g/mol. The Labute approximate surface area is 89.5 Å². The second-order valence-electron chi connectivity index (χ2n) is 1.37. The molecule has 3 nitrogen and oxygen atoms in total. The average molecular weight is 182 g/mol. The molecule has 0 radical (unpaired) electrons. The molecule has 1 aromatic carbocycles. The van der Waals surface area contributed by atoms with Gasteiger partial charge in [0.15, 0.2) is 0 Å². The predicted molar refractivity (Wildman–Crippen MR) is 37.8 cm³/mol. The second kappa shape index (κ2) is 10.1. The van der Waals surface area contributed by atoms with Crippen LogP contribution in [-0.2, 0) is 19.4 Å². The Bertz CT molecular complexity index is 188. The largest absolute Gasteiger partial charge is 1.00 e. The third kappa shape index (κ3) is 17.8. The van der Waals surface area contributed by atoms with Crippen molar-refractivity contribution in [1.29, 1.82) is 0 Å². The van der Waals surface area contributed by atoms with E-state index < -0.39 is 11.0 Å². The van der Waals surface area contributed by atoms with Gasteiger partial charge in [-0.25, -0.2) is 0 Å². The molecule has 0 saturated heterocycles. The van der Waals surface area contributed by atoms with Gasteiger partial charge in [-0.15, -0.1) is 0 Å². The molecular formula is C6H7NaO3S. The maximum atomic E-state index is 8.56. The van der Waals surface area contributed by atoms with Crippen molar-refractivity contribution in [2.24, 2.45) is 0 Å². The minimum Gasteiger partial charge on any atom is -0.439 e. The first-order valence-electron chi connectivity index (χ1n) is 2.52. The van der Waals surface area contributed by atoms with E-state index in [0.29, 0.717) is 0 Å². The third-order valence-electron chi connectivity index (χ3n) is 0.667. The van der Waals surface area contributed by atoms with Gasteiger partial charge < -0.3 is 13.0 Å². The monoisotopic (exact) mass is 182 g/mol. The summed E-state index contributed by atoms with van der Waals surface area (Å²) < 4.78 is 24.1. The van der Waals surface area contributed by atoms with E-state index in [1.54, 1.807) is 0 Å². The Morgan fingerprint density at radius 3 is 1.00 bits per heavy atom. The van der Waals surface area contributed by atoms with E-state index in [1.807, 2.05) is 36.4 Å². The SMILES string of the molecule is O=[S-](=O)O.[Na+].c1ccccc1. The summed E-state index contributed by atoms with van der Waals surface area (Å²) in [4.78, 5) is 0. The zero-order chi connectivity index (χ0) is 7.82. The number of hydrogen-bond donors (Lipinski definition) is 1. The fourth-order valence-electron chi connectivity index (χ4n) is 0.385. The van der Waals surface area contributed by atoms with Gasteiger partial charge >= 0.3 is 29.6 Å². The van der Waals surface area contributed by atoms with Crippen molar-refractivity contribution in [3.8, 4) is 0 Å². The Hall–Kier alpha value is 0.130. The minimum atomic E-state index is -2.86. The smallest absolute Gasteiger partial charge is 0.439 e. The van der Waals surface area contributed by atoms with Crippen LogP contribution in [0, 0.1) is 0 Å². The molecule has 0 heterocycles. The molecule has 0 fully saturated rings. The van der Waals surface area contributed by atoms with Crippen molar-refractivity contribution in [3.63, 3.8) is 0 Å². The summed E-state index contributed by atoms with van der Waals surface area (Å²) in [5.41, 5.74) is 0.